The third-order valence-electron chi connectivity index (χ3n) is 1.92. The number of carbonyl (C=O) groups is 1. The molecule has 0 atom stereocenters. The van der Waals surface area contributed by atoms with Crippen LogP contribution < -0.4 is 0 Å². The average molecular weight is 219 g/mol. The molecule has 0 saturated carbocycles. The van der Waals surface area contributed by atoms with Crippen molar-refractivity contribution in [3.8, 4) is 0 Å². The van der Waals surface area contributed by atoms with E-state index in [2.05, 4.69) is 10.3 Å². The number of carbonyl (C=O) groups excluding carboxylic acids is 1. The SMILES string of the molecule is CC(C)(C)OC(=O)n1nnc2ccccc21. The molecule has 0 aliphatic carbocycles. The zero-order valence-electron chi connectivity index (χ0n) is 9.47. The van der Waals surface area contributed by atoms with Gasteiger partial charge in [0.1, 0.15) is 16.6 Å². The molecule has 2 rings (SSSR count). The van der Waals surface area contributed by atoms with E-state index in [1.165, 1.54) is 4.68 Å². The summed E-state index contributed by atoms with van der Waals surface area (Å²) in [7, 11) is 0. The van der Waals surface area contributed by atoms with Gasteiger partial charge in [0.2, 0.25) is 0 Å². The van der Waals surface area contributed by atoms with Crippen molar-refractivity contribution in [3.63, 3.8) is 0 Å². The predicted molar refractivity (Wildman–Crippen MR) is 59.2 cm³/mol. The quantitative estimate of drug-likeness (QED) is 0.681. The molecule has 1 aromatic carbocycles. The fourth-order valence-electron chi connectivity index (χ4n) is 1.31. The van der Waals surface area contributed by atoms with E-state index < -0.39 is 11.7 Å². The second-order valence-corrected chi connectivity index (χ2v) is 4.47. The van der Waals surface area contributed by atoms with Crippen molar-refractivity contribution in [1.82, 2.24) is 15.0 Å². The second-order valence-electron chi connectivity index (χ2n) is 4.47. The summed E-state index contributed by atoms with van der Waals surface area (Å²) in [4.78, 5) is 11.8. The lowest BCUT2D eigenvalue weighted by atomic mass is 10.2. The van der Waals surface area contributed by atoms with E-state index in [0.29, 0.717) is 11.0 Å². The Morgan fingerprint density at radius 3 is 2.69 bits per heavy atom. The van der Waals surface area contributed by atoms with Crippen molar-refractivity contribution >= 4 is 17.1 Å². The largest absolute Gasteiger partial charge is 0.442 e. The first kappa shape index (κ1) is 10.6. The number of fused-ring (bicyclic) bond motifs is 1. The Bertz CT molecular complexity index is 525. The summed E-state index contributed by atoms with van der Waals surface area (Å²) in [6.07, 6.45) is -0.513. The first-order valence-corrected chi connectivity index (χ1v) is 5.01. The highest BCUT2D eigenvalue weighted by Crippen LogP contribution is 2.13. The molecule has 0 fully saturated rings. The van der Waals surface area contributed by atoms with Gasteiger partial charge in [0.25, 0.3) is 0 Å². The summed E-state index contributed by atoms with van der Waals surface area (Å²) in [6, 6.07) is 7.24. The maximum atomic E-state index is 11.8. The van der Waals surface area contributed by atoms with Gasteiger partial charge in [-0.3, -0.25) is 0 Å². The maximum absolute atomic E-state index is 11.8. The summed E-state index contributed by atoms with van der Waals surface area (Å²) < 4.78 is 6.38. The first-order chi connectivity index (χ1) is 7.47. The molecule has 5 nitrogen and oxygen atoms in total. The Balaban J connectivity index is 2.37. The molecular weight excluding hydrogens is 206 g/mol. The Kier molecular flexibility index (Phi) is 2.38. The van der Waals surface area contributed by atoms with E-state index in [0.717, 1.165) is 0 Å². The number of hydrogen-bond donors (Lipinski definition) is 0. The van der Waals surface area contributed by atoms with Gasteiger partial charge in [-0.1, -0.05) is 17.3 Å². The van der Waals surface area contributed by atoms with Crippen LogP contribution in [0.1, 0.15) is 20.8 Å². The highest BCUT2D eigenvalue weighted by molar-refractivity contribution is 5.84. The van der Waals surface area contributed by atoms with Gasteiger partial charge in [-0.15, -0.1) is 9.78 Å². The molecule has 0 aliphatic heterocycles. The Labute approximate surface area is 93.0 Å². The normalized spacial score (nSPS) is 11.7. The van der Waals surface area contributed by atoms with Gasteiger partial charge in [-0.05, 0) is 32.9 Å². The summed E-state index contributed by atoms with van der Waals surface area (Å²) in [5.41, 5.74) is 0.787. The van der Waals surface area contributed by atoms with Gasteiger partial charge < -0.3 is 4.74 Å². The number of para-hydroxylation sites is 1. The molecule has 0 amide bonds. The topological polar surface area (TPSA) is 57.0 Å². The van der Waals surface area contributed by atoms with Gasteiger partial charge in [-0.25, -0.2) is 4.79 Å². The molecule has 1 heterocycles. The van der Waals surface area contributed by atoms with Crippen LogP contribution in [0.3, 0.4) is 0 Å². The monoisotopic (exact) mass is 219 g/mol. The number of benzene rings is 1. The predicted octanol–water partition coefficient (Wildman–Crippen LogP) is 2.21. The molecule has 0 N–H and O–H groups in total. The van der Waals surface area contributed by atoms with Crippen LogP contribution in [0.2, 0.25) is 0 Å². The van der Waals surface area contributed by atoms with E-state index in [-0.39, 0.29) is 0 Å². The summed E-state index contributed by atoms with van der Waals surface area (Å²) in [5, 5.41) is 7.65. The van der Waals surface area contributed by atoms with Crippen LogP contribution in [-0.2, 0) is 4.74 Å². The van der Waals surface area contributed by atoms with E-state index in [9.17, 15) is 4.79 Å². The number of ether oxygens (including phenoxy) is 1. The summed E-state index contributed by atoms with van der Waals surface area (Å²) in [6.45, 7) is 5.43. The molecule has 84 valence electrons. The van der Waals surface area contributed by atoms with Crippen LogP contribution in [0, 0.1) is 0 Å². The third kappa shape index (κ3) is 2.03. The standard InChI is InChI=1S/C11H13N3O2/c1-11(2,3)16-10(15)14-9-7-5-4-6-8(9)12-13-14/h4-7H,1-3H3. The molecule has 16 heavy (non-hydrogen) atoms. The van der Waals surface area contributed by atoms with Crippen LogP contribution in [-0.4, -0.2) is 26.7 Å². The van der Waals surface area contributed by atoms with Gasteiger partial charge >= 0.3 is 6.09 Å². The van der Waals surface area contributed by atoms with E-state index in [4.69, 9.17) is 4.74 Å². The second kappa shape index (κ2) is 3.59. The fraction of sp³-hybridized carbons (Fsp3) is 0.364. The van der Waals surface area contributed by atoms with E-state index in [1.807, 2.05) is 32.9 Å². The molecule has 0 bridgehead atoms. The maximum Gasteiger partial charge on any atom is 0.437 e. The third-order valence-corrected chi connectivity index (χ3v) is 1.92. The molecule has 0 saturated heterocycles. The lowest BCUT2D eigenvalue weighted by Crippen LogP contribution is -2.27. The van der Waals surface area contributed by atoms with Crippen molar-refractivity contribution < 1.29 is 9.53 Å². The highest BCUT2D eigenvalue weighted by atomic mass is 16.6. The van der Waals surface area contributed by atoms with Crippen LogP contribution in [0.15, 0.2) is 24.3 Å². The van der Waals surface area contributed by atoms with Crippen molar-refractivity contribution in [2.75, 3.05) is 0 Å². The Hall–Kier alpha value is -1.91. The summed E-state index contributed by atoms with van der Waals surface area (Å²) in [5.74, 6) is 0. The van der Waals surface area contributed by atoms with Crippen LogP contribution in [0.25, 0.3) is 11.0 Å². The molecule has 1 aromatic heterocycles. The molecule has 2 aromatic rings. The molecule has 5 heteroatoms. The molecule has 0 aliphatic rings. The van der Waals surface area contributed by atoms with Crippen LogP contribution in [0.4, 0.5) is 4.79 Å². The minimum absolute atomic E-state index is 0.513. The smallest absolute Gasteiger partial charge is 0.437 e. The first-order valence-electron chi connectivity index (χ1n) is 5.01. The minimum atomic E-state index is -0.538. The minimum Gasteiger partial charge on any atom is -0.442 e. The lowest BCUT2D eigenvalue weighted by molar-refractivity contribution is 0.0519. The van der Waals surface area contributed by atoms with E-state index >= 15 is 0 Å². The van der Waals surface area contributed by atoms with Crippen LogP contribution in [0.5, 0.6) is 0 Å². The molecular formula is C11H13N3O2. The van der Waals surface area contributed by atoms with Gasteiger partial charge in [0, 0.05) is 0 Å². The Morgan fingerprint density at radius 1 is 1.31 bits per heavy atom. The summed E-state index contributed by atoms with van der Waals surface area (Å²) >= 11 is 0. The lowest BCUT2D eigenvalue weighted by Gasteiger charge is -2.18. The number of rotatable bonds is 0. The zero-order valence-corrected chi connectivity index (χ0v) is 9.47. The molecule has 0 unspecified atom stereocenters. The number of hydrogen-bond acceptors (Lipinski definition) is 4. The Morgan fingerprint density at radius 2 is 2.00 bits per heavy atom. The average Bonchev–Trinajstić information content (AvgIpc) is 2.58. The van der Waals surface area contributed by atoms with Gasteiger partial charge in [-0.2, -0.15) is 0 Å². The van der Waals surface area contributed by atoms with Crippen molar-refractivity contribution in [2.24, 2.45) is 0 Å². The number of aromatic nitrogens is 3. The zero-order chi connectivity index (χ0) is 11.8. The molecule has 0 spiro atoms. The highest BCUT2D eigenvalue weighted by Gasteiger charge is 2.20. The fourth-order valence-corrected chi connectivity index (χ4v) is 1.31. The number of nitrogens with zero attached hydrogens (tertiary/aromatic N) is 3. The van der Waals surface area contributed by atoms with E-state index in [1.54, 1.807) is 12.1 Å². The van der Waals surface area contributed by atoms with Crippen LogP contribution >= 0.6 is 0 Å². The van der Waals surface area contributed by atoms with Gasteiger partial charge in [0.05, 0.1) is 0 Å². The van der Waals surface area contributed by atoms with Crippen molar-refractivity contribution in [1.29, 1.82) is 0 Å². The van der Waals surface area contributed by atoms with Crippen molar-refractivity contribution in [3.05, 3.63) is 24.3 Å². The van der Waals surface area contributed by atoms with Gasteiger partial charge in [0.15, 0.2) is 0 Å². The molecule has 0 radical (unpaired) electrons. The van der Waals surface area contributed by atoms with Crippen molar-refractivity contribution in [2.45, 2.75) is 26.4 Å².